The topological polar surface area (TPSA) is 25.2 Å². The molecule has 0 spiro atoms. The van der Waals surface area contributed by atoms with Crippen LogP contribution in [0, 0.1) is 0 Å². The van der Waals surface area contributed by atoms with E-state index >= 15 is 0 Å². The van der Waals surface area contributed by atoms with Crippen LogP contribution in [0.1, 0.15) is 25.8 Å². The SMILES string of the molecule is CC1(C)CC=Nc2c1ccc1cccnc21. The lowest BCUT2D eigenvalue weighted by Crippen LogP contribution is -2.20. The lowest BCUT2D eigenvalue weighted by Gasteiger charge is -2.28. The molecule has 0 bridgehead atoms. The normalized spacial score (nSPS) is 17.4. The first-order valence-electron chi connectivity index (χ1n) is 5.59. The van der Waals surface area contributed by atoms with E-state index in [-0.39, 0.29) is 5.41 Å². The van der Waals surface area contributed by atoms with Gasteiger partial charge in [0.1, 0.15) is 0 Å². The predicted octanol–water partition coefficient (Wildman–Crippen LogP) is 3.62. The van der Waals surface area contributed by atoms with Gasteiger partial charge in [-0.15, -0.1) is 0 Å². The number of fused-ring (bicyclic) bond motifs is 3. The number of benzene rings is 1. The average Bonchev–Trinajstić information content (AvgIpc) is 2.28. The molecule has 1 aromatic carbocycles. The molecule has 0 radical (unpaired) electrons. The van der Waals surface area contributed by atoms with Crippen molar-refractivity contribution in [1.82, 2.24) is 4.98 Å². The van der Waals surface area contributed by atoms with Crippen molar-refractivity contribution in [3.63, 3.8) is 0 Å². The van der Waals surface area contributed by atoms with E-state index in [0.29, 0.717) is 0 Å². The summed E-state index contributed by atoms with van der Waals surface area (Å²) in [5.74, 6) is 0. The quantitative estimate of drug-likeness (QED) is 0.652. The Morgan fingerprint density at radius 3 is 2.94 bits per heavy atom. The summed E-state index contributed by atoms with van der Waals surface area (Å²) in [6, 6.07) is 8.38. The smallest absolute Gasteiger partial charge is 0.0961 e. The Hall–Kier alpha value is -1.70. The third-order valence-corrected chi connectivity index (χ3v) is 3.30. The summed E-state index contributed by atoms with van der Waals surface area (Å²) in [6.45, 7) is 4.51. The first-order valence-corrected chi connectivity index (χ1v) is 5.59. The second-order valence-corrected chi connectivity index (χ2v) is 4.94. The zero-order valence-electron chi connectivity index (χ0n) is 9.57. The van der Waals surface area contributed by atoms with Gasteiger partial charge < -0.3 is 0 Å². The van der Waals surface area contributed by atoms with Gasteiger partial charge in [-0.25, -0.2) is 0 Å². The molecule has 1 aliphatic heterocycles. The minimum atomic E-state index is 0.169. The lowest BCUT2D eigenvalue weighted by molar-refractivity contribution is 0.550. The summed E-state index contributed by atoms with van der Waals surface area (Å²) in [4.78, 5) is 8.98. The highest BCUT2D eigenvalue weighted by atomic mass is 14.8. The molecule has 0 amide bonds. The number of aliphatic imine (C=N–C) groups is 1. The van der Waals surface area contributed by atoms with Gasteiger partial charge in [0.25, 0.3) is 0 Å². The van der Waals surface area contributed by atoms with Crippen molar-refractivity contribution in [2.24, 2.45) is 4.99 Å². The number of rotatable bonds is 0. The highest BCUT2D eigenvalue weighted by molar-refractivity contribution is 5.93. The van der Waals surface area contributed by atoms with Crippen molar-refractivity contribution in [3.05, 3.63) is 36.0 Å². The maximum absolute atomic E-state index is 4.53. The van der Waals surface area contributed by atoms with Crippen LogP contribution in [0.5, 0.6) is 0 Å². The minimum absolute atomic E-state index is 0.169. The monoisotopic (exact) mass is 210 g/mol. The average molecular weight is 210 g/mol. The molecule has 2 aromatic rings. The van der Waals surface area contributed by atoms with E-state index in [9.17, 15) is 0 Å². The summed E-state index contributed by atoms with van der Waals surface area (Å²) in [6.07, 6.45) is 4.84. The van der Waals surface area contributed by atoms with Gasteiger partial charge in [-0.1, -0.05) is 32.0 Å². The van der Waals surface area contributed by atoms with Crippen LogP contribution in [0.2, 0.25) is 0 Å². The van der Waals surface area contributed by atoms with Gasteiger partial charge in [0.2, 0.25) is 0 Å². The molecule has 16 heavy (non-hydrogen) atoms. The molecular weight excluding hydrogens is 196 g/mol. The Morgan fingerprint density at radius 1 is 1.19 bits per heavy atom. The summed E-state index contributed by atoms with van der Waals surface area (Å²) >= 11 is 0. The number of hydrogen-bond donors (Lipinski definition) is 0. The van der Waals surface area contributed by atoms with Crippen molar-refractivity contribution >= 4 is 22.8 Å². The molecule has 0 saturated carbocycles. The molecule has 0 unspecified atom stereocenters. The van der Waals surface area contributed by atoms with E-state index in [4.69, 9.17) is 0 Å². The van der Waals surface area contributed by atoms with Crippen LogP contribution >= 0.6 is 0 Å². The van der Waals surface area contributed by atoms with Crippen molar-refractivity contribution in [3.8, 4) is 0 Å². The number of pyridine rings is 1. The van der Waals surface area contributed by atoms with Gasteiger partial charge in [0, 0.05) is 17.8 Å². The highest BCUT2D eigenvalue weighted by Crippen LogP contribution is 2.40. The van der Waals surface area contributed by atoms with Crippen LogP contribution in [0.25, 0.3) is 10.9 Å². The van der Waals surface area contributed by atoms with E-state index in [1.165, 1.54) is 5.56 Å². The lowest BCUT2D eigenvalue weighted by atomic mass is 9.79. The van der Waals surface area contributed by atoms with Gasteiger partial charge in [0.15, 0.2) is 0 Å². The van der Waals surface area contributed by atoms with Crippen LogP contribution < -0.4 is 0 Å². The summed E-state index contributed by atoms with van der Waals surface area (Å²) < 4.78 is 0. The van der Waals surface area contributed by atoms with Gasteiger partial charge in [-0.05, 0) is 23.5 Å². The van der Waals surface area contributed by atoms with Gasteiger partial charge in [-0.2, -0.15) is 0 Å². The zero-order chi connectivity index (χ0) is 11.2. The predicted molar refractivity (Wildman–Crippen MR) is 67.5 cm³/mol. The van der Waals surface area contributed by atoms with E-state index in [1.54, 1.807) is 0 Å². The number of nitrogens with zero attached hydrogens (tertiary/aromatic N) is 2. The first-order chi connectivity index (χ1) is 7.68. The van der Waals surface area contributed by atoms with E-state index in [2.05, 4.69) is 42.0 Å². The molecule has 0 N–H and O–H groups in total. The van der Waals surface area contributed by atoms with Crippen LogP contribution in [-0.2, 0) is 5.41 Å². The maximum atomic E-state index is 4.53. The van der Waals surface area contributed by atoms with E-state index in [0.717, 1.165) is 23.0 Å². The Bertz CT molecular complexity index is 582. The molecule has 2 heterocycles. The standard InChI is InChI=1S/C14H14N2/c1-14(2)7-9-16-13-11(14)6-5-10-4-3-8-15-12(10)13/h3-6,8-9H,7H2,1-2H3. The molecule has 0 atom stereocenters. The maximum Gasteiger partial charge on any atom is 0.0961 e. The fourth-order valence-electron chi connectivity index (χ4n) is 2.28. The molecule has 2 heteroatoms. The van der Waals surface area contributed by atoms with Crippen molar-refractivity contribution in [2.75, 3.05) is 0 Å². The Kier molecular flexibility index (Phi) is 1.87. The van der Waals surface area contributed by atoms with E-state index in [1.807, 2.05) is 18.5 Å². The van der Waals surface area contributed by atoms with Gasteiger partial charge in [0.05, 0.1) is 11.2 Å². The van der Waals surface area contributed by atoms with Crippen LogP contribution in [0.3, 0.4) is 0 Å². The molecule has 1 aliphatic rings. The molecular formula is C14H14N2. The Morgan fingerprint density at radius 2 is 2.06 bits per heavy atom. The summed E-state index contributed by atoms with van der Waals surface area (Å²) in [5.41, 5.74) is 3.54. The number of hydrogen-bond acceptors (Lipinski definition) is 2. The molecule has 0 aliphatic carbocycles. The molecule has 2 nitrogen and oxygen atoms in total. The molecule has 1 aromatic heterocycles. The third kappa shape index (κ3) is 1.26. The second-order valence-electron chi connectivity index (χ2n) is 4.94. The van der Waals surface area contributed by atoms with E-state index < -0.39 is 0 Å². The van der Waals surface area contributed by atoms with Crippen LogP contribution in [-0.4, -0.2) is 11.2 Å². The van der Waals surface area contributed by atoms with Gasteiger partial charge >= 0.3 is 0 Å². The summed E-state index contributed by atoms with van der Waals surface area (Å²) in [5, 5.41) is 1.16. The van der Waals surface area contributed by atoms with Crippen LogP contribution in [0.15, 0.2) is 35.5 Å². The summed E-state index contributed by atoms with van der Waals surface area (Å²) in [7, 11) is 0. The molecule has 0 fully saturated rings. The highest BCUT2D eigenvalue weighted by Gasteiger charge is 2.26. The van der Waals surface area contributed by atoms with Gasteiger partial charge in [-0.3, -0.25) is 9.98 Å². The van der Waals surface area contributed by atoms with Crippen molar-refractivity contribution in [1.29, 1.82) is 0 Å². The largest absolute Gasteiger partial charge is 0.259 e. The first kappa shape index (κ1) is 9.52. The number of aromatic nitrogens is 1. The van der Waals surface area contributed by atoms with Crippen molar-refractivity contribution in [2.45, 2.75) is 25.7 Å². The Labute approximate surface area is 95.0 Å². The molecule has 0 saturated heterocycles. The Balaban J connectivity index is 2.40. The second kappa shape index (κ2) is 3.14. The van der Waals surface area contributed by atoms with Crippen molar-refractivity contribution < 1.29 is 0 Å². The molecule has 3 rings (SSSR count). The third-order valence-electron chi connectivity index (χ3n) is 3.30. The fraction of sp³-hybridized carbons (Fsp3) is 0.286. The fourth-order valence-corrected chi connectivity index (χ4v) is 2.28. The van der Waals surface area contributed by atoms with Crippen LogP contribution in [0.4, 0.5) is 5.69 Å². The minimum Gasteiger partial charge on any atom is -0.259 e. The zero-order valence-corrected chi connectivity index (χ0v) is 9.57. The molecule has 80 valence electrons.